The van der Waals surface area contributed by atoms with Crippen molar-refractivity contribution in [3.63, 3.8) is 0 Å². The maximum absolute atomic E-state index is 5.65. The molecule has 0 aromatic carbocycles. The van der Waals surface area contributed by atoms with Crippen molar-refractivity contribution in [3.8, 4) is 5.88 Å². The van der Waals surface area contributed by atoms with E-state index in [0.29, 0.717) is 12.4 Å². The van der Waals surface area contributed by atoms with Crippen LogP contribution in [0, 0.1) is 0 Å². The molecule has 0 saturated heterocycles. The van der Waals surface area contributed by atoms with Crippen molar-refractivity contribution in [2.24, 2.45) is 0 Å². The Kier molecular flexibility index (Phi) is 4.74. The molecule has 1 N–H and O–H groups in total. The Bertz CT molecular complexity index is 546. The predicted octanol–water partition coefficient (Wildman–Crippen LogP) is 3.64. The van der Waals surface area contributed by atoms with E-state index in [9.17, 15) is 0 Å². The van der Waals surface area contributed by atoms with Crippen molar-refractivity contribution in [3.05, 3.63) is 46.8 Å². The first-order chi connectivity index (χ1) is 9.15. The Balaban J connectivity index is 2.07. The second kappa shape index (κ2) is 6.52. The van der Waals surface area contributed by atoms with Gasteiger partial charge < -0.3 is 10.1 Å². The van der Waals surface area contributed by atoms with Crippen molar-refractivity contribution in [2.45, 2.75) is 26.5 Å². The Morgan fingerprint density at radius 2 is 2.11 bits per heavy atom. The van der Waals surface area contributed by atoms with Crippen molar-refractivity contribution in [1.29, 1.82) is 0 Å². The van der Waals surface area contributed by atoms with Gasteiger partial charge in [-0.15, -0.1) is 0 Å². The van der Waals surface area contributed by atoms with Crippen LogP contribution in [-0.2, 0) is 6.54 Å². The maximum Gasteiger partial charge on any atom is 0.237 e. The molecular weight excluding hydrogens is 306 g/mol. The molecule has 4 nitrogen and oxygen atoms in total. The quantitative estimate of drug-likeness (QED) is 0.854. The molecule has 2 rings (SSSR count). The van der Waals surface area contributed by atoms with E-state index < -0.39 is 0 Å². The fraction of sp³-hybridized carbons (Fsp3) is 0.286. The molecule has 0 saturated carbocycles. The molecular formula is C14H16BrN3O. The lowest BCUT2D eigenvalue weighted by Crippen LogP contribution is -2.10. The van der Waals surface area contributed by atoms with E-state index in [2.05, 4.69) is 31.2 Å². The number of aromatic nitrogens is 2. The second-order valence-corrected chi connectivity index (χ2v) is 5.14. The molecule has 0 aliphatic rings. The van der Waals surface area contributed by atoms with Crippen LogP contribution in [0.2, 0.25) is 0 Å². The predicted molar refractivity (Wildman–Crippen MR) is 79.3 cm³/mol. The standard InChI is InChI=1S/C14H16BrN3O/c1-10(2)19-14-12(6-4-8-16-14)17-9-11-5-3-7-13(15)18-11/h3-8,10,17H,9H2,1-2H3. The molecule has 2 heterocycles. The van der Waals surface area contributed by atoms with Gasteiger partial charge in [0.25, 0.3) is 0 Å². The molecule has 0 bridgehead atoms. The van der Waals surface area contributed by atoms with E-state index in [1.165, 1.54) is 0 Å². The van der Waals surface area contributed by atoms with E-state index in [1.54, 1.807) is 6.20 Å². The summed E-state index contributed by atoms with van der Waals surface area (Å²) in [6.45, 7) is 4.59. The molecule has 0 aliphatic carbocycles. The van der Waals surface area contributed by atoms with Gasteiger partial charge in [-0.3, -0.25) is 0 Å². The fourth-order valence-electron chi connectivity index (χ4n) is 1.58. The SMILES string of the molecule is CC(C)Oc1ncccc1NCc1cccc(Br)n1. The van der Waals surface area contributed by atoms with Crippen LogP contribution in [-0.4, -0.2) is 16.1 Å². The summed E-state index contributed by atoms with van der Waals surface area (Å²) in [4.78, 5) is 8.61. The molecule has 0 amide bonds. The molecule has 0 spiro atoms. The average Bonchev–Trinajstić information content (AvgIpc) is 2.37. The zero-order valence-corrected chi connectivity index (χ0v) is 12.5. The molecule has 5 heteroatoms. The molecule has 100 valence electrons. The number of nitrogens with one attached hydrogen (secondary N) is 1. The van der Waals surface area contributed by atoms with Crippen molar-refractivity contribution in [1.82, 2.24) is 9.97 Å². The number of anilines is 1. The largest absolute Gasteiger partial charge is 0.473 e. The van der Waals surface area contributed by atoms with Gasteiger partial charge in [-0.25, -0.2) is 9.97 Å². The van der Waals surface area contributed by atoms with Gasteiger partial charge in [0.2, 0.25) is 5.88 Å². The van der Waals surface area contributed by atoms with Crippen LogP contribution in [0.5, 0.6) is 5.88 Å². The van der Waals surface area contributed by atoms with Gasteiger partial charge in [0.1, 0.15) is 4.60 Å². The topological polar surface area (TPSA) is 47.0 Å². The van der Waals surface area contributed by atoms with Crippen LogP contribution < -0.4 is 10.1 Å². The lowest BCUT2D eigenvalue weighted by Gasteiger charge is -2.13. The van der Waals surface area contributed by atoms with Gasteiger partial charge in [-0.1, -0.05) is 6.07 Å². The normalized spacial score (nSPS) is 10.5. The Morgan fingerprint density at radius 3 is 2.84 bits per heavy atom. The van der Waals surface area contributed by atoms with Crippen molar-refractivity contribution < 1.29 is 4.74 Å². The number of hydrogen-bond donors (Lipinski definition) is 1. The van der Waals surface area contributed by atoms with E-state index in [-0.39, 0.29) is 6.10 Å². The van der Waals surface area contributed by atoms with Crippen LogP contribution in [0.1, 0.15) is 19.5 Å². The molecule has 0 aliphatic heterocycles. The number of ether oxygens (including phenoxy) is 1. The number of rotatable bonds is 5. The number of pyridine rings is 2. The zero-order chi connectivity index (χ0) is 13.7. The molecule has 0 fully saturated rings. The molecule has 19 heavy (non-hydrogen) atoms. The van der Waals surface area contributed by atoms with Crippen molar-refractivity contribution >= 4 is 21.6 Å². The Labute approximate surface area is 121 Å². The van der Waals surface area contributed by atoms with Crippen molar-refractivity contribution in [2.75, 3.05) is 5.32 Å². The summed E-state index contributed by atoms with van der Waals surface area (Å²) in [5, 5.41) is 3.29. The summed E-state index contributed by atoms with van der Waals surface area (Å²) >= 11 is 3.36. The van der Waals surface area contributed by atoms with Gasteiger partial charge >= 0.3 is 0 Å². The average molecular weight is 322 g/mol. The third-order valence-electron chi connectivity index (χ3n) is 2.35. The maximum atomic E-state index is 5.65. The van der Waals surface area contributed by atoms with Crippen LogP contribution in [0.25, 0.3) is 0 Å². The van der Waals surface area contributed by atoms with Gasteiger partial charge in [-0.2, -0.15) is 0 Å². The molecule has 2 aromatic heterocycles. The van der Waals surface area contributed by atoms with Crippen LogP contribution in [0.4, 0.5) is 5.69 Å². The first-order valence-corrected chi connectivity index (χ1v) is 6.91. The summed E-state index contributed by atoms with van der Waals surface area (Å²) in [7, 11) is 0. The first kappa shape index (κ1) is 13.8. The third kappa shape index (κ3) is 4.21. The molecule has 0 atom stereocenters. The summed E-state index contributed by atoms with van der Waals surface area (Å²) in [5.41, 5.74) is 1.83. The number of halogens is 1. The minimum absolute atomic E-state index is 0.0967. The van der Waals surface area contributed by atoms with Crippen LogP contribution >= 0.6 is 15.9 Å². The summed E-state index contributed by atoms with van der Waals surface area (Å²) < 4.78 is 6.48. The summed E-state index contributed by atoms with van der Waals surface area (Å²) in [6.07, 6.45) is 1.82. The molecule has 2 aromatic rings. The van der Waals surface area contributed by atoms with Gasteiger partial charge in [-0.05, 0) is 54.0 Å². The fourth-order valence-corrected chi connectivity index (χ4v) is 1.96. The van der Waals surface area contributed by atoms with Gasteiger partial charge in [0.05, 0.1) is 24.0 Å². The Morgan fingerprint density at radius 1 is 1.26 bits per heavy atom. The smallest absolute Gasteiger partial charge is 0.237 e. The zero-order valence-electron chi connectivity index (χ0n) is 10.9. The minimum Gasteiger partial charge on any atom is -0.473 e. The molecule has 0 radical (unpaired) electrons. The highest BCUT2D eigenvalue weighted by atomic mass is 79.9. The first-order valence-electron chi connectivity index (χ1n) is 6.12. The summed E-state index contributed by atoms with van der Waals surface area (Å²) in [6, 6.07) is 9.66. The van der Waals surface area contributed by atoms with E-state index >= 15 is 0 Å². The second-order valence-electron chi connectivity index (χ2n) is 4.33. The Hall–Kier alpha value is -1.62. The molecule has 0 unspecified atom stereocenters. The van der Waals surface area contributed by atoms with Crippen LogP contribution in [0.15, 0.2) is 41.1 Å². The third-order valence-corrected chi connectivity index (χ3v) is 2.79. The highest BCUT2D eigenvalue weighted by molar-refractivity contribution is 9.10. The summed E-state index contributed by atoms with van der Waals surface area (Å²) in [5.74, 6) is 0.618. The van der Waals surface area contributed by atoms with Gasteiger partial charge in [0.15, 0.2) is 0 Å². The van der Waals surface area contributed by atoms with Gasteiger partial charge in [0, 0.05) is 6.20 Å². The van der Waals surface area contributed by atoms with E-state index in [1.807, 2.05) is 44.2 Å². The van der Waals surface area contributed by atoms with Crippen LogP contribution in [0.3, 0.4) is 0 Å². The minimum atomic E-state index is 0.0967. The number of nitrogens with zero attached hydrogens (tertiary/aromatic N) is 2. The lowest BCUT2D eigenvalue weighted by atomic mass is 10.3. The van der Waals surface area contributed by atoms with E-state index in [4.69, 9.17) is 4.74 Å². The van der Waals surface area contributed by atoms with E-state index in [0.717, 1.165) is 16.0 Å². The highest BCUT2D eigenvalue weighted by Gasteiger charge is 2.06. The lowest BCUT2D eigenvalue weighted by molar-refractivity contribution is 0.234. The number of hydrogen-bond acceptors (Lipinski definition) is 4. The monoisotopic (exact) mass is 321 g/mol. The highest BCUT2D eigenvalue weighted by Crippen LogP contribution is 2.22.